The monoisotopic (exact) mass is 289 g/mol. The Morgan fingerprint density at radius 3 is 2.84 bits per heavy atom. The molecule has 0 aliphatic carbocycles. The topological polar surface area (TPSA) is 81.8 Å². The summed E-state index contributed by atoms with van der Waals surface area (Å²) in [5.74, 6) is -0.941. The van der Waals surface area contributed by atoms with E-state index in [4.69, 9.17) is 20.3 Å². The predicted octanol–water partition coefficient (Wildman–Crippen LogP) is 1.25. The number of carbonyl (C=O) groups is 1. The molecule has 0 aromatic carbocycles. The van der Waals surface area contributed by atoms with Gasteiger partial charge in [0.1, 0.15) is 6.04 Å². The first kappa shape index (κ1) is 15.1. The Hall–Kier alpha value is -0.300. The molecule has 2 heterocycles. The number of rotatable bonds is 4. The first-order chi connectivity index (χ1) is 8.85. The summed E-state index contributed by atoms with van der Waals surface area (Å²) < 4.78 is 10.9. The number of ether oxygens (including phenoxy) is 2. The lowest BCUT2D eigenvalue weighted by Gasteiger charge is -2.40. The van der Waals surface area contributed by atoms with E-state index in [-0.39, 0.29) is 5.60 Å². The summed E-state index contributed by atoms with van der Waals surface area (Å²) in [6, 6.07) is -0.851. The zero-order chi connectivity index (χ0) is 14.1. The van der Waals surface area contributed by atoms with Crippen LogP contribution in [-0.4, -0.2) is 52.5 Å². The van der Waals surface area contributed by atoms with Crippen molar-refractivity contribution in [3.05, 3.63) is 0 Å². The number of hydrogen-bond acceptors (Lipinski definition) is 5. The van der Waals surface area contributed by atoms with E-state index in [1.807, 2.05) is 13.8 Å². The number of carboxylic acid groups (broad SMARTS) is 1. The Balaban J connectivity index is 1.96. The summed E-state index contributed by atoms with van der Waals surface area (Å²) >= 11 is 1.68. The Kier molecular flexibility index (Phi) is 4.45. The molecule has 0 aromatic rings. The molecule has 1 spiro atoms. The SMILES string of the molecule is CC(C)(SC1CCOC2(CCOC2)C1)[C@@H](N)C(=O)O. The maximum atomic E-state index is 11.1. The van der Waals surface area contributed by atoms with E-state index < -0.39 is 16.8 Å². The standard InChI is InChI=1S/C13H23NO4S/c1-12(2,10(14)11(15)16)19-9-3-5-18-13(7-9)4-6-17-8-13/h9-10H,3-8,14H2,1-2H3,(H,15,16)/t9?,10-,13?/m0/s1. The smallest absolute Gasteiger partial charge is 0.321 e. The molecule has 5 nitrogen and oxygen atoms in total. The van der Waals surface area contributed by atoms with Crippen LogP contribution in [-0.2, 0) is 14.3 Å². The molecule has 2 aliphatic rings. The number of nitrogens with two attached hydrogens (primary N) is 1. The Labute approximate surface area is 118 Å². The summed E-state index contributed by atoms with van der Waals surface area (Å²) in [5.41, 5.74) is 5.64. The van der Waals surface area contributed by atoms with Gasteiger partial charge < -0.3 is 20.3 Å². The molecule has 2 saturated heterocycles. The van der Waals surface area contributed by atoms with Crippen molar-refractivity contribution in [3.8, 4) is 0 Å². The number of carboxylic acids is 1. The fourth-order valence-electron chi connectivity index (χ4n) is 2.75. The van der Waals surface area contributed by atoms with Crippen LogP contribution < -0.4 is 5.73 Å². The van der Waals surface area contributed by atoms with E-state index >= 15 is 0 Å². The predicted molar refractivity (Wildman–Crippen MR) is 74.4 cm³/mol. The van der Waals surface area contributed by atoms with Crippen LogP contribution in [0.3, 0.4) is 0 Å². The van der Waals surface area contributed by atoms with E-state index in [2.05, 4.69) is 0 Å². The van der Waals surface area contributed by atoms with Crippen molar-refractivity contribution in [2.24, 2.45) is 5.73 Å². The van der Waals surface area contributed by atoms with Crippen LogP contribution in [0, 0.1) is 0 Å². The summed E-state index contributed by atoms with van der Waals surface area (Å²) in [4.78, 5) is 11.1. The van der Waals surface area contributed by atoms with Crippen LogP contribution >= 0.6 is 11.8 Å². The summed E-state index contributed by atoms with van der Waals surface area (Å²) in [6.45, 7) is 5.96. The number of aliphatic carboxylic acids is 1. The van der Waals surface area contributed by atoms with Crippen LogP contribution in [0.15, 0.2) is 0 Å². The van der Waals surface area contributed by atoms with Gasteiger partial charge in [-0.15, -0.1) is 11.8 Å². The average Bonchev–Trinajstić information content (AvgIpc) is 2.75. The van der Waals surface area contributed by atoms with Crippen LogP contribution in [0.5, 0.6) is 0 Å². The van der Waals surface area contributed by atoms with E-state index in [1.54, 1.807) is 11.8 Å². The minimum absolute atomic E-state index is 0.140. The van der Waals surface area contributed by atoms with Crippen molar-refractivity contribution in [1.82, 2.24) is 0 Å². The maximum Gasteiger partial charge on any atom is 0.321 e. The molecule has 3 atom stereocenters. The van der Waals surface area contributed by atoms with Crippen molar-refractivity contribution in [2.45, 2.75) is 54.7 Å². The van der Waals surface area contributed by atoms with Gasteiger partial charge in [0, 0.05) is 29.6 Å². The molecule has 2 aliphatic heterocycles. The molecule has 19 heavy (non-hydrogen) atoms. The third-order valence-corrected chi connectivity index (χ3v) is 5.60. The van der Waals surface area contributed by atoms with Crippen molar-refractivity contribution in [3.63, 3.8) is 0 Å². The van der Waals surface area contributed by atoms with Crippen LogP contribution in [0.4, 0.5) is 0 Å². The number of hydrogen-bond donors (Lipinski definition) is 2. The first-order valence-corrected chi connectivity index (χ1v) is 7.61. The second-order valence-electron chi connectivity index (χ2n) is 5.99. The molecule has 0 radical (unpaired) electrons. The van der Waals surface area contributed by atoms with Gasteiger partial charge in [-0.2, -0.15) is 0 Å². The Morgan fingerprint density at radius 2 is 2.26 bits per heavy atom. The molecule has 110 valence electrons. The molecule has 0 aromatic heterocycles. The Bertz CT molecular complexity index is 342. The molecule has 0 saturated carbocycles. The molecule has 0 amide bonds. The van der Waals surface area contributed by atoms with Gasteiger partial charge in [-0.1, -0.05) is 0 Å². The van der Waals surface area contributed by atoms with Gasteiger partial charge in [-0.3, -0.25) is 4.79 Å². The molecular weight excluding hydrogens is 266 g/mol. The van der Waals surface area contributed by atoms with Crippen LogP contribution in [0.1, 0.15) is 33.1 Å². The summed E-state index contributed by atoms with van der Waals surface area (Å²) in [6.07, 6.45) is 2.81. The van der Waals surface area contributed by atoms with E-state index in [9.17, 15) is 4.79 Å². The van der Waals surface area contributed by atoms with Gasteiger partial charge in [0.15, 0.2) is 0 Å². The molecular formula is C13H23NO4S. The summed E-state index contributed by atoms with van der Waals surface area (Å²) in [5, 5.41) is 9.45. The molecule has 2 unspecified atom stereocenters. The molecule has 2 fully saturated rings. The van der Waals surface area contributed by atoms with Crippen LogP contribution in [0.2, 0.25) is 0 Å². The van der Waals surface area contributed by atoms with E-state index in [1.165, 1.54) is 0 Å². The van der Waals surface area contributed by atoms with Crippen molar-refractivity contribution >= 4 is 17.7 Å². The van der Waals surface area contributed by atoms with Gasteiger partial charge in [0.05, 0.1) is 12.2 Å². The summed E-state index contributed by atoms with van der Waals surface area (Å²) in [7, 11) is 0. The lowest BCUT2D eigenvalue weighted by atomic mass is 9.93. The lowest BCUT2D eigenvalue weighted by Crippen LogP contribution is -2.49. The zero-order valence-electron chi connectivity index (χ0n) is 11.6. The molecule has 3 N–H and O–H groups in total. The van der Waals surface area contributed by atoms with E-state index in [0.29, 0.717) is 11.9 Å². The van der Waals surface area contributed by atoms with Gasteiger partial charge >= 0.3 is 5.97 Å². The fourth-order valence-corrected chi connectivity index (χ4v) is 4.45. The van der Waals surface area contributed by atoms with Crippen molar-refractivity contribution < 1.29 is 19.4 Å². The quantitative estimate of drug-likeness (QED) is 0.810. The molecule has 2 rings (SSSR count). The minimum Gasteiger partial charge on any atom is -0.480 e. The third-order valence-electron chi connectivity index (χ3n) is 4.00. The fraction of sp³-hybridized carbons (Fsp3) is 0.923. The molecule has 0 bridgehead atoms. The maximum absolute atomic E-state index is 11.1. The highest BCUT2D eigenvalue weighted by Gasteiger charge is 2.44. The zero-order valence-corrected chi connectivity index (χ0v) is 12.4. The second kappa shape index (κ2) is 5.60. The Morgan fingerprint density at radius 1 is 1.53 bits per heavy atom. The average molecular weight is 289 g/mol. The van der Waals surface area contributed by atoms with Gasteiger partial charge in [-0.25, -0.2) is 0 Å². The van der Waals surface area contributed by atoms with E-state index in [0.717, 1.165) is 32.5 Å². The first-order valence-electron chi connectivity index (χ1n) is 6.73. The highest BCUT2D eigenvalue weighted by atomic mass is 32.2. The third kappa shape index (κ3) is 3.42. The highest BCUT2D eigenvalue weighted by molar-refractivity contribution is 8.01. The van der Waals surface area contributed by atoms with Crippen LogP contribution in [0.25, 0.3) is 0 Å². The van der Waals surface area contributed by atoms with Crippen molar-refractivity contribution in [1.29, 1.82) is 0 Å². The van der Waals surface area contributed by atoms with Gasteiger partial charge in [0.2, 0.25) is 0 Å². The number of thioether (sulfide) groups is 1. The minimum atomic E-state index is -0.941. The largest absolute Gasteiger partial charge is 0.480 e. The highest BCUT2D eigenvalue weighted by Crippen LogP contribution is 2.42. The molecule has 6 heteroatoms. The van der Waals surface area contributed by atoms with Crippen molar-refractivity contribution in [2.75, 3.05) is 19.8 Å². The second-order valence-corrected chi connectivity index (χ2v) is 7.94. The normalized spacial score (nSPS) is 33.5. The van der Waals surface area contributed by atoms with Gasteiger partial charge in [-0.05, 0) is 26.7 Å². The lowest BCUT2D eigenvalue weighted by molar-refractivity contribution is -0.139. The van der Waals surface area contributed by atoms with Gasteiger partial charge in [0.25, 0.3) is 0 Å².